The standard InChI is InChI=1S/C16H19ClN2O/c1-16(2,3)11-4-6-12(7-5-11)20-10-14-13(17)8-9-15(18)19-14/h4-9H,10H2,1-3H3,(H2,18,19). The van der Waals surface area contributed by atoms with Crippen LogP contribution in [0.25, 0.3) is 0 Å². The summed E-state index contributed by atoms with van der Waals surface area (Å²) in [5.41, 5.74) is 7.69. The van der Waals surface area contributed by atoms with E-state index < -0.39 is 0 Å². The fourth-order valence-corrected chi connectivity index (χ4v) is 1.97. The number of hydrogen-bond donors (Lipinski definition) is 1. The molecule has 0 aliphatic heterocycles. The van der Waals surface area contributed by atoms with Crippen molar-refractivity contribution in [1.29, 1.82) is 0 Å². The summed E-state index contributed by atoms with van der Waals surface area (Å²) in [5.74, 6) is 1.23. The van der Waals surface area contributed by atoms with E-state index in [9.17, 15) is 0 Å². The Labute approximate surface area is 124 Å². The van der Waals surface area contributed by atoms with Gasteiger partial charge in [-0.2, -0.15) is 0 Å². The number of benzene rings is 1. The molecule has 2 rings (SSSR count). The van der Waals surface area contributed by atoms with Gasteiger partial charge in [-0.05, 0) is 35.2 Å². The molecule has 3 nitrogen and oxygen atoms in total. The number of ether oxygens (including phenoxy) is 1. The van der Waals surface area contributed by atoms with Crippen molar-refractivity contribution in [2.24, 2.45) is 0 Å². The van der Waals surface area contributed by atoms with E-state index in [2.05, 4.69) is 37.9 Å². The van der Waals surface area contributed by atoms with Crippen LogP contribution in [0.5, 0.6) is 5.75 Å². The molecule has 0 unspecified atom stereocenters. The average Bonchev–Trinajstić information content (AvgIpc) is 2.39. The third-order valence-corrected chi connectivity index (χ3v) is 3.38. The molecule has 0 saturated heterocycles. The van der Waals surface area contributed by atoms with E-state index in [1.165, 1.54) is 5.56 Å². The van der Waals surface area contributed by atoms with Crippen molar-refractivity contribution in [3.8, 4) is 5.75 Å². The zero-order chi connectivity index (χ0) is 14.8. The van der Waals surface area contributed by atoms with Gasteiger partial charge < -0.3 is 10.5 Å². The number of nitrogens with zero attached hydrogens (tertiary/aromatic N) is 1. The summed E-state index contributed by atoms with van der Waals surface area (Å²) in [6, 6.07) is 11.5. The number of hydrogen-bond acceptors (Lipinski definition) is 3. The molecular weight excluding hydrogens is 272 g/mol. The van der Waals surface area contributed by atoms with Gasteiger partial charge in [0.1, 0.15) is 18.2 Å². The Bertz CT molecular complexity index is 588. The maximum absolute atomic E-state index is 6.05. The van der Waals surface area contributed by atoms with Gasteiger partial charge in [-0.3, -0.25) is 0 Å². The first kappa shape index (κ1) is 14.7. The summed E-state index contributed by atoms with van der Waals surface area (Å²) in [4.78, 5) is 4.17. The lowest BCUT2D eigenvalue weighted by atomic mass is 9.87. The Morgan fingerprint density at radius 2 is 1.75 bits per heavy atom. The van der Waals surface area contributed by atoms with E-state index in [1.807, 2.05) is 12.1 Å². The molecule has 1 heterocycles. The van der Waals surface area contributed by atoms with E-state index in [0.717, 1.165) is 5.75 Å². The van der Waals surface area contributed by atoms with Gasteiger partial charge in [-0.1, -0.05) is 44.5 Å². The molecule has 0 aliphatic rings. The van der Waals surface area contributed by atoms with Crippen LogP contribution in [0.15, 0.2) is 36.4 Å². The molecule has 106 valence electrons. The third-order valence-electron chi connectivity index (χ3n) is 3.04. The minimum atomic E-state index is 0.136. The molecule has 0 bridgehead atoms. The van der Waals surface area contributed by atoms with Crippen molar-refractivity contribution in [2.75, 3.05) is 5.73 Å². The second-order valence-corrected chi connectivity index (χ2v) is 6.13. The van der Waals surface area contributed by atoms with Gasteiger partial charge >= 0.3 is 0 Å². The maximum Gasteiger partial charge on any atom is 0.132 e. The van der Waals surface area contributed by atoms with E-state index in [0.29, 0.717) is 23.1 Å². The van der Waals surface area contributed by atoms with Crippen molar-refractivity contribution in [3.05, 3.63) is 52.7 Å². The molecule has 0 amide bonds. The van der Waals surface area contributed by atoms with Crippen LogP contribution in [0, 0.1) is 0 Å². The highest BCUT2D eigenvalue weighted by molar-refractivity contribution is 6.31. The summed E-state index contributed by atoms with van der Waals surface area (Å²) in [5, 5.41) is 0.561. The molecule has 2 N–H and O–H groups in total. The number of rotatable bonds is 3. The summed E-state index contributed by atoms with van der Waals surface area (Å²) in [6.07, 6.45) is 0. The quantitative estimate of drug-likeness (QED) is 0.922. The number of anilines is 1. The lowest BCUT2D eigenvalue weighted by Crippen LogP contribution is -2.10. The molecule has 0 spiro atoms. The number of pyridine rings is 1. The van der Waals surface area contributed by atoms with Crippen molar-refractivity contribution < 1.29 is 4.74 Å². The van der Waals surface area contributed by atoms with Crippen molar-refractivity contribution in [1.82, 2.24) is 4.98 Å². The molecule has 0 saturated carbocycles. The zero-order valence-electron chi connectivity index (χ0n) is 12.0. The largest absolute Gasteiger partial charge is 0.487 e. The number of halogens is 1. The topological polar surface area (TPSA) is 48.1 Å². The summed E-state index contributed by atoms with van der Waals surface area (Å²) >= 11 is 6.05. The first-order chi connectivity index (χ1) is 9.36. The fraction of sp³-hybridized carbons (Fsp3) is 0.312. The molecule has 1 aromatic carbocycles. The fourth-order valence-electron chi connectivity index (χ4n) is 1.81. The van der Waals surface area contributed by atoms with Gasteiger partial charge in [0, 0.05) is 0 Å². The van der Waals surface area contributed by atoms with Crippen LogP contribution in [0.2, 0.25) is 5.02 Å². The second-order valence-electron chi connectivity index (χ2n) is 5.73. The highest BCUT2D eigenvalue weighted by Crippen LogP contribution is 2.25. The maximum atomic E-state index is 6.05. The van der Waals surface area contributed by atoms with Crippen LogP contribution in [0.4, 0.5) is 5.82 Å². The van der Waals surface area contributed by atoms with Gasteiger partial charge in [0.2, 0.25) is 0 Å². The van der Waals surface area contributed by atoms with E-state index in [-0.39, 0.29) is 5.41 Å². The Kier molecular flexibility index (Phi) is 4.19. The van der Waals surface area contributed by atoms with Crippen LogP contribution in [0.1, 0.15) is 32.0 Å². The third kappa shape index (κ3) is 3.64. The Hall–Kier alpha value is -1.74. The molecule has 0 aliphatic carbocycles. The molecule has 4 heteroatoms. The smallest absolute Gasteiger partial charge is 0.132 e. The Balaban J connectivity index is 2.06. The van der Waals surface area contributed by atoms with Gasteiger partial charge in [-0.25, -0.2) is 4.98 Å². The second kappa shape index (κ2) is 5.71. The Morgan fingerprint density at radius 1 is 1.10 bits per heavy atom. The van der Waals surface area contributed by atoms with E-state index in [4.69, 9.17) is 22.1 Å². The normalized spacial score (nSPS) is 11.4. The van der Waals surface area contributed by atoms with Crippen LogP contribution >= 0.6 is 11.6 Å². The molecule has 0 radical (unpaired) electrons. The molecule has 0 fully saturated rings. The van der Waals surface area contributed by atoms with Gasteiger partial charge in [-0.15, -0.1) is 0 Å². The summed E-state index contributed by atoms with van der Waals surface area (Å²) < 4.78 is 5.69. The highest BCUT2D eigenvalue weighted by Gasteiger charge is 2.13. The van der Waals surface area contributed by atoms with Gasteiger partial charge in [0.15, 0.2) is 0 Å². The lowest BCUT2D eigenvalue weighted by molar-refractivity contribution is 0.301. The van der Waals surface area contributed by atoms with Gasteiger partial charge in [0.25, 0.3) is 0 Å². The van der Waals surface area contributed by atoms with Crippen LogP contribution in [-0.2, 0) is 12.0 Å². The van der Waals surface area contributed by atoms with Crippen molar-refractivity contribution in [2.45, 2.75) is 32.8 Å². The molecule has 2 aromatic rings. The van der Waals surface area contributed by atoms with E-state index >= 15 is 0 Å². The minimum absolute atomic E-state index is 0.136. The minimum Gasteiger partial charge on any atom is -0.487 e. The highest BCUT2D eigenvalue weighted by atomic mass is 35.5. The van der Waals surface area contributed by atoms with E-state index in [1.54, 1.807) is 12.1 Å². The molecule has 20 heavy (non-hydrogen) atoms. The first-order valence-electron chi connectivity index (χ1n) is 6.50. The molecule has 1 aromatic heterocycles. The molecular formula is C16H19ClN2O. The van der Waals surface area contributed by atoms with Crippen molar-refractivity contribution in [3.63, 3.8) is 0 Å². The SMILES string of the molecule is CC(C)(C)c1ccc(OCc2nc(N)ccc2Cl)cc1. The molecule has 0 atom stereocenters. The van der Waals surface area contributed by atoms with Crippen LogP contribution < -0.4 is 10.5 Å². The Morgan fingerprint density at radius 3 is 2.35 bits per heavy atom. The van der Waals surface area contributed by atoms with Gasteiger partial charge in [0.05, 0.1) is 10.7 Å². The van der Waals surface area contributed by atoms with Crippen LogP contribution in [0.3, 0.4) is 0 Å². The number of nitrogen functional groups attached to an aromatic ring is 1. The average molecular weight is 291 g/mol. The zero-order valence-corrected chi connectivity index (χ0v) is 12.7. The van der Waals surface area contributed by atoms with Crippen molar-refractivity contribution >= 4 is 17.4 Å². The number of nitrogens with two attached hydrogens (primary N) is 1. The predicted octanol–water partition coefficient (Wildman–Crippen LogP) is 4.19. The predicted molar refractivity (Wildman–Crippen MR) is 83.1 cm³/mol. The number of aromatic nitrogens is 1. The summed E-state index contributed by atoms with van der Waals surface area (Å²) in [7, 11) is 0. The van der Waals surface area contributed by atoms with Crippen LogP contribution in [-0.4, -0.2) is 4.98 Å². The first-order valence-corrected chi connectivity index (χ1v) is 6.88. The lowest BCUT2D eigenvalue weighted by Gasteiger charge is -2.19. The summed E-state index contributed by atoms with van der Waals surface area (Å²) in [6.45, 7) is 6.84. The monoisotopic (exact) mass is 290 g/mol.